The Kier molecular flexibility index (Phi) is 13.3. The van der Waals surface area contributed by atoms with Gasteiger partial charge in [0.15, 0.2) is 0 Å². The first kappa shape index (κ1) is 30.3. The summed E-state index contributed by atoms with van der Waals surface area (Å²) in [5.41, 5.74) is 3.15. The molecule has 0 spiro atoms. The van der Waals surface area contributed by atoms with Gasteiger partial charge in [-0.2, -0.15) is 0 Å². The Balaban J connectivity index is 1.88. The van der Waals surface area contributed by atoms with E-state index in [1.54, 1.807) is 6.92 Å². The number of carbonyl (C=O) groups is 3. The van der Waals surface area contributed by atoms with Gasteiger partial charge in [-0.05, 0) is 48.8 Å². The molecule has 0 aliphatic carbocycles. The number of carbonyl (C=O) groups excluding carboxylic acids is 2. The largest absolute Gasteiger partial charge is 0.481 e. The number of carboxylic acid groups (broad SMARTS) is 1. The number of aliphatic carboxylic acids is 1. The van der Waals surface area contributed by atoms with E-state index in [0.717, 1.165) is 29.5 Å². The van der Waals surface area contributed by atoms with Gasteiger partial charge in [0.25, 0.3) is 5.09 Å². The van der Waals surface area contributed by atoms with Crippen molar-refractivity contribution in [3.8, 4) is 11.1 Å². The second-order valence-electron chi connectivity index (χ2n) is 9.20. The molecule has 0 saturated heterocycles. The summed E-state index contributed by atoms with van der Waals surface area (Å²) >= 11 is 0. The molecule has 0 radical (unpaired) electrons. The van der Waals surface area contributed by atoms with Crippen molar-refractivity contribution in [3.05, 3.63) is 70.3 Å². The van der Waals surface area contributed by atoms with Gasteiger partial charge in [-0.3, -0.25) is 14.4 Å². The van der Waals surface area contributed by atoms with Crippen LogP contribution in [-0.4, -0.2) is 47.3 Å². The number of nitrogens with one attached hydrogen (secondary N) is 1. The molecule has 0 aromatic heterocycles. The predicted molar refractivity (Wildman–Crippen MR) is 141 cm³/mol. The van der Waals surface area contributed by atoms with E-state index in [1.165, 1.54) is 0 Å². The molecule has 2 N–H and O–H groups in total. The highest BCUT2D eigenvalue weighted by Gasteiger charge is 2.22. The van der Waals surface area contributed by atoms with Crippen LogP contribution in [0.15, 0.2) is 54.6 Å². The molecule has 2 aromatic carbocycles. The summed E-state index contributed by atoms with van der Waals surface area (Å²) in [7, 11) is 0. The number of carboxylic acids is 1. The molecule has 0 unspecified atom stereocenters. The average Bonchev–Trinajstić information content (AvgIpc) is 2.89. The lowest BCUT2D eigenvalue weighted by molar-refractivity contribution is -0.757. The summed E-state index contributed by atoms with van der Waals surface area (Å²) in [6, 6.07) is 17.6. The van der Waals surface area contributed by atoms with E-state index in [0.29, 0.717) is 25.7 Å². The van der Waals surface area contributed by atoms with Crippen LogP contribution in [0.5, 0.6) is 0 Å². The maximum Gasteiger partial charge on any atom is 0.308 e. The third kappa shape index (κ3) is 12.3. The fraction of sp³-hybridized carbons (Fsp3) is 0.464. The Bertz CT molecular complexity index is 1030. The van der Waals surface area contributed by atoms with Crippen LogP contribution in [0.1, 0.15) is 57.4 Å². The van der Waals surface area contributed by atoms with Crippen molar-refractivity contribution in [3.63, 3.8) is 0 Å². The van der Waals surface area contributed by atoms with Gasteiger partial charge in [0.1, 0.15) is 0 Å². The summed E-state index contributed by atoms with van der Waals surface area (Å²) < 4.78 is 5.38. The highest BCUT2D eigenvalue weighted by Crippen LogP contribution is 2.21. The van der Waals surface area contributed by atoms with Crippen molar-refractivity contribution >= 4 is 17.8 Å². The molecule has 1 amide bonds. The van der Waals surface area contributed by atoms with Gasteiger partial charge in [-0.1, -0.05) is 67.9 Å². The second kappa shape index (κ2) is 16.7. The monoisotopic (exact) mass is 528 g/mol. The molecular formula is C28H36N2O8. The first-order chi connectivity index (χ1) is 18.2. The number of esters is 1. The number of amides is 1. The molecule has 206 valence electrons. The first-order valence-electron chi connectivity index (χ1n) is 12.8. The molecular weight excluding hydrogens is 492 g/mol. The topological polar surface area (TPSA) is 145 Å². The van der Waals surface area contributed by atoms with E-state index < -0.39 is 17.0 Å². The Morgan fingerprint density at radius 3 is 2.18 bits per heavy atom. The minimum Gasteiger partial charge on any atom is -0.481 e. The van der Waals surface area contributed by atoms with Crippen LogP contribution >= 0.6 is 0 Å². The fourth-order valence-corrected chi connectivity index (χ4v) is 4.00. The summed E-state index contributed by atoms with van der Waals surface area (Å²) in [4.78, 5) is 50.1. The number of ether oxygens (including phenoxy) is 1. The molecule has 2 aromatic rings. The number of hydrogen-bond acceptors (Lipinski definition) is 7. The van der Waals surface area contributed by atoms with E-state index >= 15 is 0 Å². The van der Waals surface area contributed by atoms with Crippen LogP contribution in [0.4, 0.5) is 0 Å². The highest BCUT2D eigenvalue weighted by atomic mass is 16.9. The Labute approximate surface area is 222 Å². The van der Waals surface area contributed by atoms with Gasteiger partial charge < -0.3 is 20.0 Å². The zero-order chi connectivity index (χ0) is 27.8. The standard InChI is InChI=1S/C28H36N2O8/c1-21(28(34)37-17-7-2-3-8-18-38-30(35)36)19-25(29-26(31)15-16-27(32)33)20-22-11-13-24(14-12-22)23-9-5-4-6-10-23/h4-6,9-14,21,25H,2-3,7-8,15-20H2,1H3,(H,29,31)(H,32,33)/t21-,25+/m1/s1. The van der Waals surface area contributed by atoms with E-state index in [1.807, 2.05) is 54.6 Å². The summed E-state index contributed by atoms with van der Waals surface area (Å²) in [5, 5.41) is 21.1. The first-order valence-corrected chi connectivity index (χ1v) is 12.8. The SMILES string of the molecule is C[C@H](C[C@@H](Cc1ccc(-c2ccccc2)cc1)NC(=O)CCC(=O)O)C(=O)OCCCCCCO[N+](=O)[O-]. The lowest BCUT2D eigenvalue weighted by atomic mass is 9.94. The number of unbranched alkanes of at least 4 members (excludes halogenated alkanes) is 3. The van der Waals surface area contributed by atoms with Crippen molar-refractivity contribution in [2.45, 2.75) is 64.3 Å². The number of nitrogens with zero attached hydrogens (tertiary/aromatic N) is 1. The molecule has 10 heteroatoms. The average molecular weight is 529 g/mol. The zero-order valence-corrected chi connectivity index (χ0v) is 21.7. The molecule has 0 heterocycles. The molecule has 0 saturated carbocycles. The normalized spacial score (nSPS) is 12.2. The number of benzene rings is 2. The van der Waals surface area contributed by atoms with Gasteiger partial charge in [-0.25, -0.2) is 0 Å². The van der Waals surface area contributed by atoms with E-state index in [9.17, 15) is 24.5 Å². The molecule has 0 aliphatic rings. The quantitative estimate of drug-likeness (QED) is 0.124. The molecule has 2 atom stereocenters. The molecule has 0 aliphatic heterocycles. The predicted octanol–water partition coefficient (Wildman–Crippen LogP) is 4.58. The number of rotatable bonds is 18. The Morgan fingerprint density at radius 2 is 1.55 bits per heavy atom. The summed E-state index contributed by atoms with van der Waals surface area (Å²) in [5.74, 6) is -2.27. The maximum absolute atomic E-state index is 12.5. The van der Waals surface area contributed by atoms with Gasteiger partial charge in [-0.15, -0.1) is 10.1 Å². The van der Waals surface area contributed by atoms with Crippen molar-refractivity contribution in [1.29, 1.82) is 0 Å². The van der Waals surface area contributed by atoms with E-state index in [4.69, 9.17) is 9.84 Å². The van der Waals surface area contributed by atoms with Crippen LogP contribution in [0.2, 0.25) is 0 Å². The van der Waals surface area contributed by atoms with Crippen LogP contribution in [0.3, 0.4) is 0 Å². The van der Waals surface area contributed by atoms with Crippen molar-refractivity contribution in [2.75, 3.05) is 13.2 Å². The summed E-state index contributed by atoms with van der Waals surface area (Å²) in [6.45, 7) is 2.04. The number of hydrogen-bond donors (Lipinski definition) is 2. The third-order valence-corrected chi connectivity index (χ3v) is 5.99. The smallest absolute Gasteiger partial charge is 0.308 e. The van der Waals surface area contributed by atoms with Crippen molar-refractivity contribution in [2.24, 2.45) is 5.92 Å². The van der Waals surface area contributed by atoms with E-state index in [-0.39, 0.29) is 44.0 Å². The van der Waals surface area contributed by atoms with Gasteiger partial charge in [0.2, 0.25) is 5.91 Å². The maximum atomic E-state index is 12.5. The van der Waals surface area contributed by atoms with Gasteiger partial charge in [0, 0.05) is 12.5 Å². The Morgan fingerprint density at radius 1 is 0.921 bits per heavy atom. The van der Waals surface area contributed by atoms with Crippen molar-refractivity contribution < 1.29 is 34.2 Å². The molecule has 2 rings (SSSR count). The molecule has 0 bridgehead atoms. The van der Waals surface area contributed by atoms with Gasteiger partial charge in [0.05, 0.1) is 25.6 Å². The minimum absolute atomic E-state index is 0.0539. The van der Waals surface area contributed by atoms with Crippen molar-refractivity contribution in [1.82, 2.24) is 5.32 Å². The zero-order valence-electron chi connectivity index (χ0n) is 21.7. The lowest BCUT2D eigenvalue weighted by Gasteiger charge is -2.22. The summed E-state index contributed by atoms with van der Waals surface area (Å²) in [6.07, 6.45) is 3.11. The minimum atomic E-state index is -1.05. The Hall–Kier alpha value is -3.95. The molecule has 38 heavy (non-hydrogen) atoms. The highest BCUT2D eigenvalue weighted by molar-refractivity contribution is 5.81. The third-order valence-electron chi connectivity index (χ3n) is 5.99. The van der Waals surface area contributed by atoms with Crippen LogP contribution in [-0.2, 0) is 30.4 Å². The molecule has 0 fully saturated rings. The second-order valence-corrected chi connectivity index (χ2v) is 9.20. The van der Waals surface area contributed by atoms with Crippen LogP contribution < -0.4 is 5.32 Å². The molecule has 10 nitrogen and oxygen atoms in total. The van der Waals surface area contributed by atoms with E-state index in [2.05, 4.69) is 10.2 Å². The van der Waals surface area contributed by atoms with Crippen LogP contribution in [0.25, 0.3) is 11.1 Å². The fourth-order valence-electron chi connectivity index (χ4n) is 4.00. The lowest BCUT2D eigenvalue weighted by Crippen LogP contribution is -2.39. The van der Waals surface area contributed by atoms with Crippen LogP contribution in [0, 0.1) is 16.0 Å². The van der Waals surface area contributed by atoms with Gasteiger partial charge >= 0.3 is 11.9 Å².